The van der Waals surface area contributed by atoms with E-state index in [-0.39, 0.29) is 5.69 Å². The highest BCUT2D eigenvalue weighted by atomic mass is 79.9. The molecule has 0 aliphatic rings. The van der Waals surface area contributed by atoms with Crippen LogP contribution in [0, 0.1) is 0 Å². The highest BCUT2D eigenvalue weighted by Crippen LogP contribution is 2.40. The van der Waals surface area contributed by atoms with Crippen LogP contribution in [0.2, 0.25) is 0 Å². The number of carbonyl (C=O) groups excluding carboxylic acids is 1. The molecule has 0 unspecified atom stereocenters. The van der Waals surface area contributed by atoms with Crippen LogP contribution in [-0.4, -0.2) is 14.4 Å². The van der Waals surface area contributed by atoms with Gasteiger partial charge in [-0.05, 0) is 58.4 Å². The first-order valence-corrected chi connectivity index (χ1v) is 10.1. The monoisotopic (exact) mass is 460 g/mol. The van der Waals surface area contributed by atoms with Crippen LogP contribution in [-0.2, 0) is 10.9 Å². The minimum absolute atomic E-state index is 0.263. The lowest BCUT2D eigenvalue weighted by atomic mass is 10.2. The van der Waals surface area contributed by atoms with Crippen molar-refractivity contribution < 1.29 is 13.2 Å². The van der Waals surface area contributed by atoms with Crippen LogP contribution in [0.4, 0.5) is 33.2 Å². The quantitative estimate of drug-likeness (QED) is 0.395. The Morgan fingerprint density at radius 2 is 1.46 bits per heavy atom. The largest absolute Gasteiger partial charge is 0.399 e. The zero-order valence-corrected chi connectivity index (χ0v) is 17.0. The fourth-order valence-electron chi connectivity index (χ4n) is 2.81. The van der Waals surface area contributed by atoms with E-state index >= 15 is 0 Å². The lowest BCUT2D eigenvalue weighted by Crippen LogP contribution is -2.33. The summed E-state index contributed by atoms with van der Waals surface area (Å²) in [5.74, 6) is 0. The van der Waals surface area contributed by atoms with Gasteiger partial charge >= 0.3 is 6.03 Å². The van der Waals surface area contributed by atoms with Crippen molar-refractivity contribution >= 4 is 61.3 Å². The molecule has 3 aromatic carbocycles. The summed E-state index contributed by atoms with van der Waals surface area (Å²) in [7, 11) is -3.08. The maximum atomic E-state index is 12.3. The maximum Gasteiger partial charge on any atom is 0.323 e. The van der Waals surface area contributed by atoms with Crippen LogP contribution < -0.4 is 20.7 Å². The van der Waals surface area contributed by atoms with Crippen molar-refractivity contribution in [3.63, 3.8) is 0 Å². The predicted molar refractivity (Wildman–Crippen MR) is 116 cm³/mol. The number of carbonyl (C=O) groups is 1. The van der Waals surface area contributed by atoms with Gasteiger partial charge in [-0.2, -0.15) is 0 Å². The van der Waals surface area contributed by atoms with Crippen LogP contribution >= 0.6 is 15.9 Å². The van der Waals surface area contributed by atoms with E-state index in [9.17, 15) is 13.2 Å². The van der Waals surface area contributed by atoms with E-state index in [1.54, 1.807) is 66.7 Å². The normalized spacial score (nSPS) is 10.6. The number of thiol groups is 1. The summed E-state index contributed by atoms with van der Waals surface area (Å²) in [6, 6.07) is 19.3. The molecule has 0 saturated heterocycles. The number of anilines is 5. The minimum Gasteiger partial charge on any atom is -0.399 e. The molecule has 0 aliphatic carbocycles. The summed E-state index contributed by atoms with van der Waals surface area (Å²) >= 11 is 3.41. The third-order valence-electron chi connectivity index (χ3n) is 3.94. The molecule has 0 atom stereocenters. The number of nitrogen functional groups attached to an aromatic ring is 1. The van der Waals surface area contributed by atoms with Gasteiger partial charge in [0, 0.05) is 10.2 Å². The molecule has 2 amide bonds. The highest BCUT2D eigenvalue weighted by Gasteiger charge is 2.24. The first-order valence-electron chi connectivity index (χ1n) is 8.13. The van der Waals surface area contributed by atoms with Crippen molar-refractivity contribution in [2.45, 2.75) is 0 Å². The van der Waals surface area contributed by atoms with E-state index in [4.69, 9.17) is 11.5 Å². The SMILES string of the molecule is NC(=O)N(c1ccccc1Br)c1ccccc1N(c1cccc(N)c1)[SH](=O)=O. The molecule has 0 aliphatic heterocycles. The fraction of sp³-hybridized carbons (Fsp3) is 0. The second-order valence-corrected chi connectivity index (χ2v) is 7.49. The molecule has 0 saturated carbocycles. The molecule has 144 valence electrons. The zero-order valence-electron chi connectivity index (χ0n) is 14.5. The Morgan fingerprint density at radius 1 is 0.857 bits per heavy atom. The van der Waals surface area contributed by atoms with Crippen LogP contribution in [0.5, 0.6) is 0 Å². The van der Waals surface area contributed by atoms with Gasteiger partial charge in [0.1, 0.15) is 0 Å². The van der Waals surface area contributed by atoms with Crippen molar-refractivity contribution in [3.05, 3.63) is 77.3 Å². The van der Waals surface area contributed by atoms with Crippen LogP contribution in [0.25, 0.3) is 0 Å². The molecular formula is C19H17BrN4O3S. The van der Waals surface area contributed by atoms with Gasteiger partial charge in [-0.1, -0.05) is 30.3 Å². The number of halogens is 1. The Labute approximate surface area is 172 Å². The van der Waals surface area contributed by atoms with Gasteiger partial charge < -0.3 is 11.5 Å². The maximum absolute atomic E-state index is 12.3. The summed E-state index contributed by atoms with van der Waals surface area (Å²) in [5, 5.41) is 0. The molecule has 9 heteroatoms. The van der Waals surface area contributed by atoms with E-state index in [2.05, 4.69) is 15.9 Å². The summed E-state index contributed by atoms with van der Waals surface area (Å²) in [6.07, 6.45) is 0. The number of benzene rings is 3. The summed E-state index contributed by atoms with van der Waals surface area (Å²) in [5.41, 5.74) is 13.3. The number of hydrogen-bond acceptors (Lipinski definition) is 4. The molecule has 0 spiro atoms. The number of para-hydroxylation sites is 3. The molecule has 0 radical (unpaired) electrons. The first kappa shape index (κ1) is 19.7. The Morgan fingerprint density at radius 3 is 2.04 bits per heavy atom. The Balaban J connectivity index is 2.24. The average Bonchev–Trinajstić information content (AvgIpc) is 2.64. The summed E-state index contributed by atoms with van der Waals surface area (Å²) < 4.78 is 26.0. The topological polar surface area (TPSA) is 110 Å². The van der Waals surface area contributed by atoms with Crippen LogP contribution in [0.1, 0.15) is 0 Å². The number of rotatable bonds is 5. The van der Waals surface area contributed by atoms with E-state index in [0.717, 1.165) is 4.31 Å². The smallest absolute Gasteiger partial charge is 0.323 e. The van der Waals surface area contributed by atoms with Gasteiger partial charge in [0.05, 0.1) is 22.7 Å². The average molecular weight is 461 g/mol. The zero-order chi connectivity index (χ0) is 20.3. The van der Waals surface area contributed by atoms with Crippen LogP contribution in [0.15, 0.2) is 77.3 Å². The van der Waals surface area contributed by atoms with Crippen molar-refractivity contribution in [1.29, 1.82) is 0 Å². The lowest BCUT2D eigenvalue weighted by Gasteiger charge is -2.28. The molecule has 0 bridgehead atoms. The Bertz CT molecular complexity index is 1100. The summed E-state index contributed by atoms with van der Waals surface area (Å²) in [4.78, 5) is 13.6. The van der Waals surface area contributed by atoms with E-state index in [1.165, 1.54) is 11.0 Å². The molecule has 3 rings (SSSR count). The number of nitrogens with two attached hydrogens (primary N) is 2. The van der Waals surface area contributed by atoms with Crippen molar-refractivity contribution in [2.24, 2.45) is 5.73 Å². The molecule has 4 N–H and O–H groups in total. The lowest BCUT2D eigenvalue weighted by molar-refractivity contribution is 0.256. The van der Waals surface area contributed by atoms with E-state index in [1.807, 2.05) is 0 Å². The van der Waals surface area contributed by atoms with Crippen molar-refractivity contribution in [1.82, 2.24) is 0 Å². The molecule has 3 aromatic rings. The van der Waals surface area contributed by atoms with E-state index in [0.29, 0.717) is 27.2 Å². The standard InChI is InChI=1S/C19H17BrN4O3S/c20-15-8-1-2-9-16(15)23(19(22)25)17-10-3-4-11-18(17)24(28(26)27)14-7-5-6-13(21)12-14/h1-12,28H,21H2,(H2,22,25). The predicted octanol–water partition coefficient (Wildman–Crippen LogP) is 3.91. The van der Waals surface area contributed by atoms with Gasteiger partial charge in [-0.15, -0.1) is 0 Å². The van der Waals surface area contributed by atoms with Gasteiger partial charge in [-0.3, -0.25) is 4.90 Å². The van der Waals surface area contributed by atoms with Gasteiger partial charge in [0.15, 0.2) is 0 Å². The van der Waals surface area contributed by atoms with Crippen LogP contribution in [0.3, 0.4) is 0 Å². The minimum atomic E-state index is -3.08. The fourth-order valence-corrected chi connectivity index (χ4v) is 3.93. The second kappa shape index (κ2) is 8.32. The molecule has 0 aromatic heterocycles. The summed E-state index contributed by atoms with van der Waals surface area (Å²) in [6.45, 7) is 0. The molecule has 0 heterocycles. The van der Waals surface area contributed by atoms with E-state index < -0.39 is 16.9 Å². The number of nitrogens with zero attached hydrogens (tertiary/aromatic N) is 2. The van der Waals surface area contributed by atoms with Gasteiger partial charge in [0.2, 0.25) is 10.9 Å². The van der Waals surface area contributed by atoms with Gasteiger partial charge in [-0.25, -0.2) is 17.5 Å². The highest BCUT2D eigenvalue weighted by molar-refractivity contribution is 9.10. The number of hydrogen-bond donors (Lipinski definition) is 3. The third kappa shape index (κ3) is 3.95. The molecule has 7 nitrogen and oxygen atoms in total. The Kier molecular flexibility index (Phi) is 5.86. The second-order valence-electron chi connectivity index (χ2n) is 5.76. The van der Waals surface area contributed by atoms with Gasteiger partial charge in [0.25, 0.3) is 0 Å². The number of primary amides is 1. The Hall–Kier alpha value is -3.04. The van der Waals surface area contributed by atoms with Crippen molar-refractivity contribution in [2.75, 3.05) is 14.9 Å². The third-order valence-corrected chi connectivity index (χ3v) is 5.39. The molecular weight excluding hydrogens is 444 g/mol. The molecule has 28 heavy (non-hydrogen) atoms. The first-order chi connectivity index (χ1) is 13.4. The van der Waals surface area contributed by atoms with Crippen molar-refractivity contribution in [3.8, 4) is 0 Å². The number of amides is 2. The molecule has 0 fully saturated rings. The number of urea groups is 1.